The molecule has 0 radical (unpaired) electrons. The summed E-state index contributed by atoms with van der Waals surface area (Å²) in [5, 5.41) is 11.7. The maximum atomic E-state index is 12.3. The summed E-state index contributed by atoms with van der Waals surface area (Å²) in [5.74, 6) is -0.0549. The molecule has 0 aromatic heterocycles. The summed E-state index contributed by atoms with van der Waals surface area (Å²) >= 11 is 0. The molecular weight excluding hydrogens is 276 g/mol. The van der Waals surface area contributed by atoms with E-state index in [0.717, 1.165) is 25.7 Å². The Morgan fingerprint density at radius 1 is 1.20 bits per heavy atom. The van der Waals surface area contributed by atoms with E-state index in [1.165, 1.54) is 0 Å². The predicted octanol–water partition coefficient (Wildman–Crippen LogP) is 1.54. The van der Waals surface area contributed by atoms with Crippen molar-refractivity contribution in [3.8, 4) is 6.07 Å². The Morgan fingerprint density at radius 3 is 2.35 bits per heavy atom. The third-order valence-corrected chi connectivity index (χ3v) is 6.83. The number of nitrogens with zero attached hydrogens (tertiary/aromatic N) is 1. The molecule has 1 heterocycles. The highest BCUT2D eigenvalue weighted by Gasteiger charge is 2.40. The lowest BCUT2D eigenvalue weighted by Crippen LogP contribution is -2.43. The van der Waals surface area contributed by atoms with E-state index in [1.54, 1.807) is 0 Å². The minimum atomic E-state index is -3.04. The molecule has 0 aromatic rings. The number of rotatable bonds is 3. The Morgan fingerprint density at radius 2 is 1.85 bits per heavy atom. The molecule has 1 unspecified atom stereocenters. The molecule has 2 fully saturated rings. The highest BCUT2D eigenvalue weighted by atomic mass is 32.2. The van der Waals surface area contributed by atoms with Crippen molar-refractivity contribution < 1.29 is 13.2 Å². The van der Waals surface area contributed by atoms with E-state index < -0.39 is 20.5 Å². The van der Waals surface area contributed by atoms with E-state index in [1.807, 2.05) is 0 Å². The average molecular weight is 298 g/mol. The summed E-state index contributed by atoms with van der Waals surface area (Å²) in [7, 11) is -3.04. The van der Waals surface area contributed by atoms with Gasteiger partial charge in [-0.15, -0.1) is 0 Å². The van der Waals surface area contributed by atoms with Gasteiger partial charge in [0.1, 0.15) is 5.41 Å². The SMILES string of the molecule is N#CC1(C(=O)NCC2CCCS2(=O)=O)CCCCCC1. The van der Waals surface area contributed by atoms with Crippen LogP contribution < -0.4 is 5.32 Å². The number of sulfone groups is 1. The maximum absolute atomic E-state index is 12.3. The van der Waals surface area contributed by atoms with Gasteiger partial charge in [0, 0.05) is 6.54 Å². The molecule has 1 aliphatic carbocycles. The van der Waals surface area contributed by atoms with Crippen LogP contribution in [-0.2, 0) is 14.6 Å². The van der Waals surface area contributed by atoms with E-state index in [-0.39, 0.29) is 18.2 Å². The first kappa shape index (κ1) is 15.3. The molecule has 2 rings (SSSR count). The minimum Gasteiger partial charge on any atom is -0.353 e. The van der Waals surface area contributed by atoms with Crippen LogP contribution in [0.15, 0.2) is 0 Å². The molecule has 1 saturated heterocycles. The van der Waals surface area contributed by atoms with Crippen molar-refractivity contribution in [3.05, 3.63) is 0 Å². The van der Waals surface area contributed by atoms with E-state index in [9.17, 15) is 18.5 Å². The smallest absolute Gasteiger partial charge is 0.240 e. The molecule has 0 bridgehead atoms. The first-order valence-electron chi connectivity index (χ1n) is 7.41. The fourth-order valence-corrected chi connectivity index (χ4v) is 4.95. The Hall–Kier alpha value is -1.09. The monoisotopic (exact) mass is 298 g/mol. The van der Waals surface area contributed by atoms with Crippen LogP contribution in [0, 0.1) is 16.7 Å². The third-order valence-electron chi connectivity index (χ3n) is 4.56. The Bertz CT molecular complexity index is 499. The van der Waals surface area contributed by atoms with Gasteiger partial charge in [-0.05, 0) is 25.7 Å². The highest BCUT2D eigenvalue weighted by Crippen LogP contribution is 2.34. The first-order valence-corrected chi connectivity index (χ1v) is 9.13. The average Bonchev–Trinajstić information content (AvgIpc) is 2.65. The van der Waals surface area contributed by atoms with E-state index in [0.29, 0.717) is 25.7 Å². The molecule has 1 N–H and O–H groups in total. The van der Waals surface area contributed by atoms with Crippen LogP contribution in [0.1, 0.15) is 51.4 Å². The number of hydrogen-bond acceptors (Lipinski definition) is 4. The molecular formula is C14H22N2O3S. The molecule has 0 aromatic carbocycles. The van der Waals surface area contributed by atoms with Crippen LogP contribution in [0.25, 0.3) is 0 Å². The Kier molecular flexibility index (Phi) is 4.69. The van der Waals surface area contributed by atoms with Crippen molar-refractivity contribution in [2.24, 2.45) is 5.41 Å². The molecule has 6 heteroatoms. The van der Waals surface area contributed by atoms with Crippen molar-refractivity contribution in [2.75, 3.05) is 12.3 Å². The van der Waals surface area contributed by atoms with Gasteiger partial charge in [-0.2, -0.15) is 5.26 Å². The third kappa shape index (κ3) is 3.14. The Labute approximate surface area is 120 Å². The molecule has 1 amide bonds. The van der Waals surface area contributed by atoms with Crippen LogP contribution in [0.5, 0.6) is 0 Å². The minimum absolute atomic E-state index is 0.157. The van der Waals surface area contributed by atoms with Crippen LogP contribution in [0.3, 0.4) is 0 Å². The summed E-state index contributed by atoms with van der Waals surface area (Å²) in [6.45, 7) is 0.157. The van der Waals surface area contributed by atoms with Crippen LogP contribution in [0.4, 0.5) is 0 Å². The van der Waals surface area contributed by atoms with Gasteiger partial charge in [0.25, 0.3) is 0 Å². The molecule has 20 heavy (non-hydrogen) atoms. The van der Waals surface area contributed by atoms with E-state index in [4.69, 9.17) is 0 Å². The molecule has 1 saturated carbocycles. The van der Waals surface area contributed by atoms with Gasteiger partial charge < -0.3 is 5.32 Å². The largest absolute Gasteiger partial charge is 0.353 e. The topological polar surface area (TPSA) is 87.0 Å². The number of nitriles is 1. The highest BCUT2D eigenvalue weighted by molar-refractivity contribution is 7.92. The molecule has 2 aliphatic rings. The summed E-state index contributed by atoms with van der Waals surface area (Å²) in [6, 6.07) is 2.19. The van der Waals surface area contributed by atoms with Crippen LogP contribution >= 0.6 is 0 Å². The molecule has 112 valence electrons. The van der Waals surface area contributed by atoms with E-state index in [2.05, 4.69) is 11.4 Å². The standard InChI is InChI=1S/C14H22N2O3S/c15-11-14(7-3-1-2-4-8-14)13(17)16-10-12-6-5-9-20(12,18)19/h12H,1-10H2,(H,16,17). The van der Waals surface area contributed by atoms with Gasteiger partial charge in [0.05, 0.1) is 17.1 Å². The Balaban J connectivity index is 1.98. The number of nitrogens with one attached hydrogen (secondary N) is 1. The zero-order chi connectivity index (χ0) is 14.6. The molecule has 0 spiro atoms. The summed E-state index contributed by atoms with van der Waals surface area (Å²) in [5.41, 5.74) is -0.946. The van der Waals surface area contributed by atoms with Gasteiger partial charge in [-0.3, -0.25) is 4.79 Å². The normalized spacial score (nSPS) is 28.2. The summed E-state index contributed by atoms with van der Waals surface area (Å²) in [6.07, 6.45) is 6.38. The number of hydrogen-bond donors (Lipinski definition) is 1. The van der Waals surface area contributed by atoms with Crippen molar-refractivity contribution in [3.63, 3.8) is 0 Å². The van der Waals surface area contributed by atoms with Gasteiger partial charge in [0.15, 0.2) is 9.84 Å². The predicted molar refractivity (Wildman–Crippen MR) is 75.6 cm³/mol. The summed E-state index contributed by atoms with van der Waals surface area (Å²) < 4.78 is 23.5. The fraction of sp³-hybridized carbons (Fsp3) is 0.857. The lowest BCUT2D eigenvalue weighted by Gasteiger charge is -2.24. The number of amides is 1. The van der Waals surface area contributed by atoms with Crippen molar-refractivity contribution in [1.82, 2.24) is 5.32 Å². The number of carbonyl (C=O) groups excluding carboxylic acids is 1. The van der Waals surface area contributed by atoms with Gasteiger partial charge in [-0.1, -0.05) is 25.7 Å². The zero-order valence-electron chi connectivity index (χ0n) is 11.7. The van der Waals surface area contributed by atoms with Gasteiger partial charge in [-0.25, -0.2) is 8.42 Å². The molecule has 5 nitrogen and oxygen atoms in total. The number of carbonyl (C=O) groups is 1. The van der Waals surface area contributed by atoms with Crippen molar-refractivity contribution in [1.29, 1.82) is 5.26 Å². The van der Waals surface area contributed by atoms with Crippen LogP contribution in [0.2, 0.25) is 0 Å². The maximum Gasteiger partial charge on any atom is 0.240 e. The quantitative estimate of drug-likeness (QED) is 0.801. The second-order valence-electron chi connectivity index (χ2n) is 5.95. The molecule has 1 aliphatic heterocycles. The van der Waals surface area contributed by atoms with Gasteiger partial charge >= 0.3 is 0 Å². The second kappa shape index (κ2) is 6.13. The summed E-state index contributed by atoms with van der Waals surface area (Å²) in [4.78, 5) is 12.3. The van der Waals surface area contributed by atoms with Crippen LogP contribution in [-0.4, -0.2) is 31.9 Å². The first-order chi connectivity index (χ1) is 9.50. The van der Waals surface area contributed by atoms with Crippen molar-refractivity contribution in [2.45, 2.75) is 56.6 Å². The van der Waals surface area contributed by atoms with Crippen molar-refractivity contribution >= 4 is 15.7 Å². The lowest BCUT2D eigenvalue weighted by molar-refractivity contribution is -0.128. The zero-order valence-corrected chi connectivity index (χ0v) is 12.5. The fourth-order valence-electron chi connectivity index (χ4n) is 3.18. The van der Waals surface area contributed by atoms with Gasteiger partial charge in [0.2, 0.25) is 5.91 Å². The lowest BCUT2D eigenvalue weighted by atomic mass is 9.81. The van der Waals surface area contributed by atoms with E-state index >= 15 is 0 Å². The molecule has 1 atom stereocenters. The second-order valence-corrected chi connectivity index (χ2v) is 8.35.